The Morgan fingerprint density at radius 2 is 2.27 bits per heavy atom. The molecule has 0 aliphatic carbocycles. The monoisotopic (exact) mass is 210 g/mol. The van der Waals surface area contributed by atoms with E-state index in [9.17, 15) is 9.18 Å². The Labute approximate surface area is 88.5 Å². The first-order valence-corrected chi connectivity index (χ1v) is 4.90. The van der Waals surface area contributed by atoms with Crippen molar-refractivity contribution in [2.45, 2.75) is 26.3 Å². The fourth-order valence-electron chi connectivity index (χ4n) is 1.14. The van der Waals surface area contributed by atoms with E-state index in [2.05, 4.69) is 5.32 Å². The molecule has 0 aromatic heterocycles. The van der Waals surface area contributed by atoms with Crippen LogP contribution < -0.4 is 11.1 Å². The van der Waals surface area contributed by atoms with Gasteiger partial charge in [-0.1, -0.05) is 6.92 Å². The van der Waals surface area contributed by atoms with Crippen molar-refractivity contribution in [3.63, 3.8) is 0 Å². The van der Waals surface area contributed by atoms with E-state index in [0.717, 1.165) is 12.5 Å². The minimum atomic E-state index is -0.437. The van der Waals surface area contributed by atoms with Crippen LogP contribution in [-0.4, -0.2) is 11.9 Å². The van der Waals surface area contributed by atoms with E-state index in [1.165, 1.54) is 12.1 Å². The largest absolute Gasteiger partial charge is 0.398 e. The fraction of sp³-hybridized carbons (Fsp3) is 0.364. The number of amides is 1. The zero-order chi connectivity index (χ0) is 11.4. The first-order valence-electron chi connectivity index (χ1n) is 4.90. The molecule has 0 bridgehead atoms. The third-order valence-corrected chi connectivity index (χ3v) is 2.25. The summed E-state index contributed by atoms with van der Waals surface area (Å²) in [6.07, 6.45) is 0.840. The highest BCUT2D eigenvalue weighted by molar-refractivity contribution is 5.99. The molecule has 0 radical (unpaired) electrons. The molecule has 0 aliphatic heterocycles. The molecule has 1 aromatic rings. The summed E-state index contributed by atoms with van der Waals surface area (Å²) in [4.78, 5) is 11.6. The van der Waals surface area contributed by atoms with Gasteiger partial charge >= 0.3 is 0 Å². The predicted molar refractivity (Wildman–Crippen MR) is 58.0 cm³/mol. The second-order valence-corrected chi connectivity index (χ2v) is 3.51. The molecule has 3 N–H and O–H groups in total. The third-order valence-electron chi connectivity index (χ3n) is 2.25. The average Bonchev–Trinajstić information content (AvgIpc) is 2.17. The third kappa shape index (κ3) is 2.94. The number of anilines is 1. The van der Waals surface area contributed by atoms with Crippen molar-refractivity contribution in [3.05, 3.63) is 29.6 Å². The molecular weight excluding hydrogens is 195 g/mol. The van der Waals surface area contributed by atoms with Crippen LogP contribution in [0.15, 0.2) is 18.2 Å². The van der Waals surface area contributed by atoms with E-state index in [4.69, 9.17) is 5.73 Å². The van der Waals surface area contributed by atoms with E-state index >= 15 is 0 Å². The van der Waals surface area contributed by atoms with Crippen molar-refractivity contribution in [1.82, 2.24) is 5.32 Å². The maximum atomic E-state index is 12.7. The summed E-state index contributed by atoms with van der Waals surface area (Å²) in [6, 6.07) is 3.84. The van der Waals surface area contributed by atoms with E-state index in [0.29, 0.717) is 5.56 Å². The summed E-state index contributed by atoms with van der Waals surface area (Å²) in [5, 5.41) is 2.76. The van der Waals surface area contributed by atoms with E-state index in [1.54, 1.807) is 0 Å². The first-order chi connectivity index (χ1) is 7.04. The van der Waals surface area contributed by atoms with Gasteiger partial charge in [0.25, 0.3) is 5.91 Å². The molecule has 0 fully saturated rings. The number of hydrogen-bond donors (Lipinski definition) is 2. The van der Waals surface area contributed by atoms with Gasteiger partial charge in [-0.25, -0.2) is 4.39 Å². The van der Waals surface area contributed by atoms with Crippen molar-refractivity contribution in [2.24, 2.45) is 0 Å². The van der Waals surface area contributed by atoms with Crippen LogP contribution in [0.2, 0.25) is 0 Å². The highest BCUT2D eigenvalue weighted by atomic mass is 19.1. The zero-order valence-corrected chi connectivity index (χ0v) is 8.88. The molecule has 1 rings (SSSR count). The lowest BCUT2D eigenvalue weighted by Crippen LogP contribution is -2.32. The molecule has 4 heteroatoms. The van der Waals surface area contributed by atoms with Crippen molar-refractivity contribution in [2.75, 3.05) is 5.73 Å². The van der Waals surface area contributed by atoms with Gasteiger partial charge in [0.05, 0.1) is 5.56 Å². The van der Waals surface area contributed by atoms with Crippen LogP contribution in [0.25, 0.3) is 0 Å². The molecule has 15 heavy (non-hydrogen) atoms. The predicted octanol–water partition coefficient (Wildman–Crippen LogP) is 1.94. The average molecular weight is 210 g/mol. The summed E-state index contributed by atoms with van der Waals surface area (Å²) >= 11 is 0. The van der Waals surface area contributed by atoms with Crippen LogP contribution in [0.1, 0.15) is 30.6 Å². The zero-order valence-electron chi connectivity index (χ0n) is 8.88. The second kappa shape index (κ2) is 4.77. The minimum Gasteiger partial charge on any atom is -0.398 e. The fourth-order valence-corrected chi connectivity index (χ4v) is 1.14. The van der Waals surface area contributed by atoms with E-state index < -0.39 is 5.82 Å². The minimum absolute atomic E-state index is 0.0851. The molecule has 1 amide bonds. The Hall–Kier alpha value is -1.58. The SMILES string of the molecule is CCC(C)NC(=O)c1ccc(F)cc1N. The van der Waals surface area contributed by atoms with Gasteiger partial charge in [-0.05, 0) is 31.5 Å². The van der Waals surface area contributed by atoms with Gasteiger partial charge in [-0.2, -0.15) is 0 Å². The van der Waals surface area contributed by atoms with Crippen molar-refractivity contribution >= 4 is 11.6 Å². The molecule has 0 heterocycles. The summed E-state index contributed by atoms with van der Waals surface area (Å²) in [5.74, 6) is -0.700. The van der Waals surface area contributed by atoms with Crippen LogP contribution in [0, 0.1) is 5.82 Å². The smallest absolute Gasteiger partial charge is 0.253 e. The number of nitrogens with two attached hydrogens (primary N) is 1. The molecule has 3 nitrogen and oxygen atoms in total. The van der Waals surface area contributed by atoms with Crippen molar-refractivity contribution in [1.29, 1.82) is 0 Å². The lowest BCUT2D eigenvalue weighted by atomic mass is 10.1. The van der Waals surface area contributed by atoms with Gasteiger partial charge < -0.3 is 11.1 Å². The first kappa shape index (κ1) is 11.5. The number of rotatable bonds is 3. The molecule has 1 unspecified atom stereocenters. The molecule has 0 spiro atoms. The van der Waals surface area contributed by atoms with E-state index in [-0.39, 0.29) is 17.6 Å². The summed E-state index contributed by atoms with van der Waals surface area (Å²) in [6.45, 7) is 3.87. The Morgan fingerprint density at radius 1 is 1.60 bits per heavy atom. The van der Waals surface area contributed by atoms with E-state index in [1.807, 2.05) is 13.8 Å². The number of carbonyl (C=O) groups is 1. The summed E-state index contributed by atoms with van der Waals surface area (Å²) in [7, 11) is 0. The quantitative estimate of drug-likeness (QED) is 0.749. The Morgan fingerprint density at radius 3 is 2.80 bits per heavy atom. The van der Waals surface area contributed by atoms with Gasteiger partial charge in [-0.3, -0.25) is 4.79 Å². The van der Waals surface area contributed by atoms with Crippen LogP contribution in [0.5, 0.6) is 0 Å². The molecule has 1 atom stereocenters. The lowest BCUT2D eigenvalue weighted by Gasteiger charge is -2.12. The molecule has 0 saturated carbocycles. The maximum Gasteiger partial charge on any atom is 0.253 e. The van der Waals surface area contributed by atoms with Crippen LogP contribution >= 0.6 is 0 Å². The Balaban J connectivity index is 2.82. The number of nitrogen functional groups attached to an aromatic ring is 1. The number of carbonyl (C=O) groups excluding carboxylic acids is 1. The maximum absolute atomic E-state index is 12.7. The summed E-state index contributed by atoms with van der Waals surface area (Å²) in [5.41, 5.74) is 6.02. The Bertz CT molecular complexity index is 366. The standard InChI is InChI=1S/C11H15FN2O/c1-3-7(2)14-11(15)9-5-4-8(12)6-10(9)13/h4-7H,3,13H2,1-2H3,(H,14,15). The van der Waals surface area contributed by atoms with Crippen molar-refractivity contribution in [3.8, 4) is 0 Å². The van der Waals surface area contributed by atoms with Gasteiger partial charge in [-0.15, -0.1) is 0 Å². The number of benzene rings is 1. The van der Waals surface area contributed by atoms with Gasteiger partial charge in [0.15, 0.2) is 0 Å². The molecule has 0 saturated heterocycles. The van der Waals surface area contributed by atoms with Crippen LogP contribution in [0.4, 0.5) is 10.1 Å². The topological polar surface area (TPSA) is 55.1 Å². The van der Waals surface area contributed by atoms with Crippen molar-refractivity contribution < 1.29 is 9.18 Å². The molecule has 0 aliphatic rings. The van der Waals surface area contributed by atoms with Gasteiger partial charge in [0.1, 0.15) is 5.82 Å². The number of hydrogen-bond acceptors (Lipinski definition) is 2. The van der Waals surface area contributed by atoms with Gasteiger partial charge in [0, 0.05) is 11.7 Å². The molecule has 1 aromatic carbocycles. The van der Waals surface area contributed by atoms with Crippen LogP contribution in [-0.2, 0) is 0 Å². The second-order valence-electron chi connectivity index (χ2n) is 3.51. The summed E-state index contributed by atoms with van der Waals surface area (Å²) < 4.78 is 12.7. The Kier molecular flexibility index (Phi) is 3.66. The van der Waals surface area contributed by atoms with Gasteiger partial charge in [0.2, 0.25) is 0 Å². The number of nitrogens with one attached hydrogen (secondary N) is 1. The number of halogens is 1. The lowest BCUT2D eigenvalue weighted by molar-refractivity contribution is 0.0940. The molecule has 82 valence electrons. The molecular formula is C11H15FN2O. The highest BCUT2D eigenvalue weighted by Gasteiger charge is 2.11. The highest BCUT2D eigenvalue weighted by Crippen LogP contribution is 2.13. The van der Waals surface area contributed by atoms with Crippen LogP contribution in [0.3, 0.4) is 0 Å². The normalized spacial score (nSPS) is 12.2.